The minimum absolute atomic E-state index is 0.0433. The molecule has 0 saturated heterocycles. The molecule has 0 heterocycles. The fourth-order valence-corrected chi connectivity index (χ4v) is 1.59. The predicted molar refractivity (Wildman–Crippen MR) is 114 cm³/mol. The van der Waals surface area contributed by atoms with Crippen molar-refractivity contribution in [3.05, 3.63) is 12.7 Å². The molecule has 8 nitrogen and oxygen atoms in total. The van der Waals surface area contributed by atoms with E-state index < -0.39 is 11.9 Å². The molecule has 0 aromatic rings. The van der Waals surface area contributed by atoms with Gasteiger partial charge in [-0.2, -0.15) is 0 Å². The molecule has 174 valence electrons. The number of hydrogen-bond donors (Lipinski definition) is 2. The molecule has 0 saturated carbocycles. The number of esters is 1. The molecule has 2 atom stereocenters. The molecule has 29 heavy (non-hydrogen) atoms. The summed E-state index contributed by atoms with van der Waals surface area (Å²) in [4.78, 5) is 21.4. The summed E-state index contributed by atoms with van der Waals surface area (Å²) in [6.07, 6.45) is 0.262. The van der Waals surface area contributed by atoms with Crippen LogP contribution in [0.2, 0.25) is 0 Å². The number of aliphatic hydroxyl groups excluding tert-OH is 1. The Morgan fingerprint density at radius 2 is 1.59 bits per heavy atom. The highest BCUT2D eigenvalue weighted by atomic mass is 16.6. The van der Waals surface area contributed by atoms with Crippen LogP contribution in [0, 0.1) is 5.92 Å². The second-order valence-corrected chi connectivity index (χ2v) is 7.20. The van der Waals surface area contributed by atoms with Crippen molar-refractivity contribution in [2.45, 2.75) is 73.4 Å². The smallest absolute Gasteiger partial charge is 0.332 e. The summed E-state index contributed by atoms with van der Waals surface area (Å²) in [5.41, 5.74) is -0.498. The average molecular weight is 422 g/mol. The Bertz CT molecular complexity index is 420. The van der Waals surface area contributed by atoms with Crippen molar-refractivity contribution < 1.29 is 33.6 Å². The van der Waals surface area contributed by atoms with Crippen molar-refractivity contribution in [2.75, 3.05) is 33.5 Å². The van der Waals surface area contributed by atoms with Crippen LogP contribution in [0.4, 0.5) is 0 Å². The number of aliphatic hydroxyl groups is 1. The Labute approximate surface area is 176 Å². The monoisotopic (exact) mass is 421 g/mol. The highest BCUT2D eigenvalue weighted by Crippen LogP contribution is 2.07. The second-order valence-electron chi connectivity index (χ2n) is 7.20. The number of carbonyl (C=O) groups is 2. The standard InChI is InChI=1S/C15H30O6.C4H7NO.C2H6/c1-11(2)20-13(16)9-18-7-12(3)8-19-10-14(17)21-15(4,5)6;1-3-4(6)5-2;1-2/h11-13,16H,7-10H2,1-6H3;3H,1H2,2H3,(H,5,6);1-2H3. The lowest BCUT2D eigenvalue weighted by atomic mass is 10.2. The predicted octanol–water partition coefficient (Wildman–Crippen LogP) is 2.69. The van der Waals surface area contributed by atoms with E-state index in [-0.39, 0.29) is 37.1 Å². The number of nitrogens with one attached hydrogen (secondary N) is 1. The van der Waals surface area contributed by atoms with Crippen LogP contribution in [0.3, 0.4) is 0 Å². The van der Waals surface area contributed by atoms with Gasteiger partial charge in [-0.3, -0.25) is 4.79 Å². The summed E-state index contributed by atoms with van der Waals surface area (Å²) in [6.45, 7) is 19.1. The van der Waals surface area contributed by atoms with E-state index in [4.69, 9.17) is 18.9 Å². The zero-order valence-corrected chi connectivity index (χ0v) is 19.7. The summed E-state index contributed by atoms with van der Waals surface area (Å²) in [7, 11) is 1.56. The van der Waals surface area contributed by atoms with Gasteiger partial charge in [0.1, 0.15) is 12.2 Å². The first kappa shape index (κ1) is 32.2. The van der Waals surface area contributed by atoms with Gasteiger partial charge in [0, 0.05) is 13.0 Å². The summed E-state index contributed by atoms with van der Waals surface area (Å²) in [5.74, 6) is -0.412. The minimum atomic E-state index is -0.917. The first-order valence-electron chi connectivity index (χ1n) is 9.96. The molecule has 0 aliphatic heterocycles. The van der Waals surface area contributed by atoms with Crippen LogP contribution in [0.1, 0.15) is 55.4 Å². The van der Waals surface area contributed by atoms with Crippen LogP contribution in [0.25, 0.3) is 0 Å². The van der Waals surface area contributed by atoms with Crippen molar-refractivity contribution in [1.29, 1.82) is 0 Å². The molecule has 0 bridgehead atoms. The quantitative estimate of drug-likeness (QED) is 0.300. The van der Waals surface area contributed by atoms with Gasteiger partial charge in [0.15, 0.2) is 6.29 Å². The number of hydrogen-bond acceptors (Lipinski definition) is 7. The molecule has 0 fully saturated rings. The Balaban J connectivity index is -0.000000716. The van der Waals surface area contributed by atoms with Gasteiger partial charge in [0.05, 0.1) is 25.9 Å². The van der Waals surface area contributed by atoms with Crippen LogP contribution in [-0.2, 0) is 28.5 Å². The van der Waals surface area contributed by atoms with Crippen LogP contribution >= 0.6 is 0 Å². The van der Waals surface area contributed by atoms with E-state index in [0.29, 0.717) is 13.2 Å². The third-order valence-electron chi connectivity index (χ3n) is 2.57. The maximum atomic E-state index is 11.4. The zero-order valence-electron chi connectivity index (χ0n) is 19.7. The third kappa shape index (κ3) is 28.8. The Kier molecular flexibility index (Phi) is 22.0. The maximum absolute atomic E-state index is 11.4. The summed E-state index contributed by atoms with van der Waals surface area (Å²) >= 11 is 0. The molecule has 0 aliphatic carbocycles. The first-order valence-corrected chi connectivity index (χ1v) is 9.96. The lowest BCUT2D eigenvalue weighted by Gasteiger charge is -2.20. The molecule has 1 amide bonds. The summed E-state index contributed by atoms with van der Waals surface area (Å²) < 4.78 is 20.9. The molecule has 0 aromatic carbocycles. The van der Waals surface area contributed by atoms with Crippen molar-refractivity contribution in [3.63, 3.8) is 0 Å². The van der Waals surface area contributed by atoms with E-state index in [1.165, 1.54) is 6.08 Å². The van der Waals surface area contributed by atoms with Crippen LogP contribution in [0.15, 0.2) is 12.7 Å². The normalized spacial score (nSPS) is 12.5. The van der Waals surface area contributed by atoms with Gasteiger partial charge in [-0.1, -0.05) is 27.4 Å². The molecule has 2 unspecified atom stereocenters. The van der Waals surface area contributed by atoms with Crippen LogP contribution < -0.4 is 5.32 Å². The molecular weight excluding hydrogens is 378 g/mol. The van der Waals surface area contributed by atoms with E-state index in [1.54, 1.807) is 7.05 Å². The van der Waals surface area contributed by atoms with E-state index >= 15 is 0 Å². The lowest BCUT2D eigenvalue weighted by molar-refractivity contribution is -0.163. The van der Waals surface area contributed by atoms with Gasteiger partial charge in [-0.25, -0.2) is 4.79 Å². The van der Waals surface area contributed by atoms with Gasteiger partial charge in [0.25, 0.3) is 0 Å². The van der Waals surface area contributed by atoms with Crippen LogP contribution in [-0.4, -0.2) is 68.5 Å². The molecule has 0 radical (unpaired) electrons. The second kappa shape index (κ2) is 19.8. The Hall–Kier alpha value is -1.48. The molecular formula is C21H43NO7. The topological polar surface area (TPSA) is 103 Å². The van der Waals surface area contributed by atoms with Crippen molar-refractivity contribution in [1.82, 2.24) is 5.32 Å². The zero-order chi connectivity index (χ0) is 23.5. The molecule has 0 aromatic heterocycles. The Morgan fingerprint density at radius 1 is 1.07 bits per heavy atom. The molecule has 0 spiro atoms. The highest BCUT2D eigenvalue weighted by molar-refractivity contribution is 5.86. The maximum Gasteiger partial charge on any atom is 0.332 e. The largest absolute Gasteiger partial charge is 0.458 e. The van der Waals surface area contributed by atoms with E-state index in [2.05, 4.69) is 11.9 Å². The SMILES string of the molecule is C=CC(=O)NC.CC.CC(COCC(=O)OC(C)(C)C)COCC(O)OC(C)C. The first-order chi connectivity index (χ1) is 13.4. The number of likely N-dealkylation sites (N-methyl/N-ethyl adjacent to an activating group) is 1. The molecule has 2 N–H and O–H groups in total. The Morgan fingerprint density at radius 3 is 1.97 bits per heavy atom. The number of ether oxygens (including phenoxy) is 4. The molecule has 0 rings (SSSR count). The van der Waals surface area contributed by atoms with Gasteiger partial charge in [-0.15, -0.1) is 0 Å². The van der Waals surface area contributed by atoms with Gasteiger partial charge in [0.2, 0.25) is 5.91 Å². The van der Waals surface area contributed by atoms with Gasteiger partial charge in [-0.05, 0) is 40.7 Å². The average Bonchev–Trinajstić information content (AvgIpc) is 2.61. The number of rotatable bonds is 11. The number of carbonyl (C=O) groups excluding carboxylic acids is 2. The minimum Gasteiger partial charge on any atom is -0.458 e. The lowest BCUT2D eigenvalue weighted by Crippen LogP contribution is -2.28. The summed E-state index contributed by atoms with van der Waals surface area (Å²) in [6, 6.07) is 0. The fraction of sp³-hybridized carbons (Fsp3) is 0.810. The summed E-state index contributed by atoms with van der Waals surface area (Å²) in [5, 5.41) is 11.8. The fourth-order valence-electron chi connectivity index (χ4n) is 1.59. The van der Waals surface area contributed by atoms with E-state index in [0.717, 1.165) is 0 Å². The van der Waals surface area contributed by atoms with E-state index in [9.17, 15) is 14.7 Å². The highest BCUT2D eigenvalue weighted by Gasteiger charge is 2.16. The van der Waals surface area contributed by atoms with Crippen molar-refractivity contribution in [2.24, 2.45) is 5.92 Å². The van der Waals surface area contributed by atoms with Crippen LogP contribution in [0.5, 0.6) is 0 Å². The number of amides is 1. The molecule has 8 heteroatoms. The van der Waals surface area contributed by atoms with Crippen molar-refractivity contribution in [3.8, 4) is 0 Å². The van der Waals surface area contributed by atoms with Crippen molar-refractivity contribution >= 4 is 11.9 Å². The third-order valence-corrected chi connectivity index (χ3v) is 2.57. The van der Waals surface area contributed by atoms with Gasteiger partial charge < -0.3 is 29.4 Å². The molecule has 0 aliphatic rings. The van der Waals surface area contributed by atoms with Gasteiger partial charge >= 0.3 is 5.97 Å². The van der Waals surface area contributed by atoms with E-state index in [1.807, 2.05) is 55.4 Å².